The molecular formula is C26H25N5O3. The number of fused-ring (bicyclic) bond motifs is 2. The Morgan fingerprint density at radius 2 is 1.94 bits per heavy atom. The molecule has 0 bridgehead atoms. The van der Waals surface area contributed by atoms with Crippen LogP contribution >= 0.6 is 0 Å². The minimum atomic E-state index is -0.495. The van der Waals surface area contributed by atoms with Crippen LogP contribution in [-0.4, -0.2) is 26.5 Å². The number of nitriles is 1. The predicted molar refractivity (Wildman–Crippen MR) is 129 cm³/mol. The fourth-order valence-corrected chi connectivity index (χ4v) is 3.85. The van der Waals surface area contributed by atoms with Gasteiger partial charge in [-0.25, -0.2) is 4.98 Å². The van der Waals surface area contributed by atoms with Crippen molar-refractivity contribution in [1.29, 1.82) is 5.26 Å². The number of carbonyl (C=O) groups excluding carboxylic acids is 1. The number of nitrogens with zero attached hydrogens (tertiary/aromatic N) is 5. The van der Waals surface area contributed by atoms with Crippen LogP contribution in [0.2, 0.25) is 0 Å². The highest BCUT2D eigenvalue weighted by atomic mass is 16.5. The molecule has 3 heterocycles. The third kappa shape index (κ3) is 4.20. The quantitative estimate of drug-likeness (QED) is 0.428. The van der Waals surface area contributed by atoms with Gasteiger partial charge in [-0.15, -0.1) is 0 Å². The van der Waals surface area contributed by atoms with E-state index in [0.29, 0.717) is 41.1 Å². The number of amides is 1. The molecule has 0 saturated heterocycles. The molecule has 0 aliphatic heterocycles. The number of pyridine rings is 2. The number of carbonyl (C=O) groups is 1. The Balaban J connectivity index is 2.02. The molecule has 0 radical (unpaired) electrons. The molecule has 1 amide bonds. The van der Waals surface area contributed by atoms with Crippen molar-refractivity contribution in [3.63, 3.8) is 0 Å². The lowest BCUT2D eigenvalue weighted by molar-refractivity contribution is 0.0997. The van der Waals surface area contributed by atoms with Crippen LogP contribution in [0.15, 0.2) is 58.4 Å². The molecule has 34 heavy (non-hydrogen) atoms. The van der Waals surface area contributed by atoms with E-state index in [1.165, 1.54) is 10.5 Å². The van der Waals surface area contributed by atoms with Gasteiger partial charge < -0.3 is 9.30 Å². The molecule has 4 rings (SSSR count). The van der Waals surface area contributed by atoms with Crippen LogP contribution in [0, 0.1) is 24.2 Å². The molecule has 0 aliphatic carbocycles. The second kappa shape index (κ2) is 9.32. The summed E-state index contributed by atoms with van der Waals surface area (Å²) in [5.74, 6) is 0.308. The Labute approximate surface area is 196 Å². The second-order valence-corrected chi connectivity index (χ2v) is 8.41. The van der Waals surface area contributed by atoms with E-state index in [4.69, 9.17) is 9.72 Å². The lowest BCUT2D eigenvalue weighted by atomic mass is 10.1. The number of hydrogen-bond donors (Lipinski definition) is 0. The first kappa shape index (κ1) is 22.9. The molecule has 0 spiro atoms. The van der Waals surface area contributed by atoms with E-state index in [0.717, 1.165) is 5.56 Å². The van der Waals surface area contributed by atoms with Crippen molar-refractivity contribution >= 4 is 22.6 Å². The summed E-state index contributed by atoms with van der Waals surface area (Å²) in [4.78, 5) is 35.4. The Bertz CT molecular complexity index is 1570. The van der Waals surface area contributed by atoms with E-state index in [1.54, 1.807) is 41.1 Å². The van der Waals surface area contributed by atoms with Crippen LogP contribution in [0.4, 0.5) is 0 Å². The van der Waals surface area contributed by atoms with Gasteiger partial charge in [0.2, 0.25) is 0 Å². The predicted octanol–water partition coefficient (Wildman–Crippen LogP) is 3.63. The van der Waals surface area contributed by atoms with E-state index in [2.05, 4.69) is 11.1 Å². The Kier molecular flexibility index (Phi) is 6.28. The lowest BCUT2D eigenvalue weighted by Crippen LogP contribution is -2.31. The molecule has 0 saturated carbocycles. The first-order valence-electron chi connectivity index (χ1n) is 11.1. The summed E-state index contributed by atoms with van der Waals surface area (Å²) in [6.45, 7) is 8.73. The van der Waals surface area contributed by atoms with E-state index in [9.17, 15) is 14.9 Å². The normalized spacial score (nSPS) is 11.8. The standard InChI is InChI=1S/C26H25N5O3/c1-5-34-20-10-8-18(9-11-20)25(32)29-23-19(14-27)13-21-24(31(23)15-16(2)3)28-22-17(4)7-6-12-30(22)26(21)33/h6-13,16H,5,15H2,1-4H3. The number of ether oxygens (including phenoxy) is 1. The van der Waals surface area contributed by atoms with Crippen molar-refractivity contribution in [1.82, 2.24) is 14.0 Å². The molecule has 8 nitrogen and oxygen atoms in total. The summed E-state index contributed by atoms with van der Waals surface area (Å²) in [5, 5.41) is 10.2. The Morgan fingerprint density at radius 3 is 2.59 bits per heavy atom. The molecule has 0 atom stereocenters. The maximum Gasteiger partial charge on any atom is 0.278 e. The van der Waals surface area contributed by atoms with Gasteiger partial charge in [-0.3, -0.25) is 14.0 Å². The van der Waals surface area contributed by atoms with Crippen molar-refractivity contribution in [3.05, 3.63) is 81.2 Å². The molecule has 172 valence electrons. The minimum Gasteiger partial charge on any atom is -0.494 e. The van der Waals surface area contributed by atoms with Crippen molar-refractivity contribution in [3.8, 4) is 11.8 Å². The number of aryl methyl sites for hydroxylation is 1. The number of rotatable bonds is 5. The zero-order valence-electron chi connectivity index (χ0n) is 19.6. The van der Waals surface area contributed by atoms with E-state index >= 15 is 0 Å². The molecule has 3 aromatic heterocycles. The average Bonchev–Trinajstić information content (AvgIpc) is 2.81. The van der Waals surface area contributed by atoms with Gasteiger partial charge in [0.15, 0.2) is 5.49 Å². The largest absolute Gasteiger partial charge is 0.494 e. The fourth-order valence-electron chi connectivity index (χ4n) is 3.85. The first-order valence-corrected chi connectivity index (χ1v) is 11.1. The topological polar surface area (TPSA) is 102 Å². The van der Waals surface area contributed by atoms with Gasteiger partial charge in [0.25, 0.3) is 11.5 Å². The highest BCUT2D eigenvalue weighted by molar-refractivity contribution is 5.95. The van der Waals surface area contributed by atoms with Crippen molar-refractivity contribution in [2.24, 2.45) is 10.9 Å². The molecule has 0 N–H and O–H groups in total. The Morgan fingerprint density at radius 1 is 1.21 bits per heavy atom. The van der Waals surface area contributed by atoms with Gasteiger partial charge in [-0.2, -0.15) is 10.3 Å². The number of hydrogen-bond acceptors (Lipinski definition) is 5. The van der Waals surface area contributed by atoms with Crippen LogP contribution in [0.1, 0.15) is 42.3 Å². The van der Waals surface area contributed by atoms with Gasteiger partial charge in [-0.05, 0) is 61.7 Å². The third-order valence-corrected chi connectivity index (χ3v) is 5.39. The highest BCUT2D eigenvalue weighted by Crippen LogP contribution is 2.15. The summed E-state index contributed by atoms with van der Waals surface area (Å²) in [6, 6.07) is 13.9. The lowest BCUT2D eigenvalue weighted by Gasteiger charge is -2.15. The Hall–Kier alpha value is -4.25. The van der Waals surface area contributed by atoms with Crippen LogP contribution < -0.4 is 15.8 Å². The number of aromatic nitrogens is 3. The molecule has 0 aliphatic rings. The summed E-state index contributed by atoms with van der Waals surface area (Å²) < 4.78 is 8.61. The fraction of sp³-hybridized carbons (Fsp3) is 0.269. The van der Waals surface area contributed by atoms with E-state index in [1.807, 2.05) is 33.8 Å². The molecule has 4 aromatic rings. The first-order chi connectivity index (χ1) is 16.3. The average molecular weight is 456 g/mol. The monoisotopic (exact) mass is 455 g/mol. The summed E-state index contributed by atoms with van der Waals surface area (Å²) in [7, 11) is 0. The van der Waals surface area contributed by atoms with Crippen molar-refractivity contribution in [2.45, 2.75) is 34.2 Å². The maximum absolute atomic E-state index is 13.3. The zero-order valence-corrected chi connectivity index (χ0v) is 19.6. The molecule has 0 unspecified atom stereocenters. The third-order valence-electron chi connectivity index (χ3n) is 5.39. The molecular weight excluding hydrogens is 430 g/mol. The van der Waals surface area contributed by atoms with Crippen LogP contribution in [0.5, 0.6) is 5.75 Å². The van der Waals surface area contributed by atoms with E-state index < -0.39 is 5.91 Å². The second-order valence-electron chi connectivity index (χ2n) is 8.41. The van der Waals surface area contributed by atoms with Gasteiger partial charge in [0, 0.05) is 18.3 Å². The van der Waals surface area contributed by atoms with Crippen LogP contribution in [0.3, 0.4) is 0 Å². The summed E-state index contributed by atoms with van der Waals surface area (Å²) in [6.07, 6.45) is 1.66. The summed E-state index contributed by atoms with van der Waals surface area (Å²) >= 11 is 0. The smallest absolute Gasteiger partial charge is 0.278 e. The van der Waals surface area contributed by atoms with Crippen molar-refractivity contribution in [2.75, 3.05) is 6.61 Å². The van der Waals surface area contributed by atoms with Gasteiger partial charge in [0.1, 0.15) is 23.1 Å². The van der Waals surface area contributed by atoms with Crippen LogP contribution in [0.25, 0.3) is 16.7 Å². The van der Waals surface area contributed by atoms with Crippen molar-refractivity contribution < 1.29 is 9.53 Å². The van der Waals surface area contributed by atoms with Crippen LogP contribution in [-0.2, 0) is 6.54 Å². The van der Waals surface area contributed by atoms with Gasteiger partial charge in [-0.1, -0.05) is 19.9 Å². The molecule has 8 heteroatoms. The summed E-state index contributed by atoms with van der Waals surface area (Å²) in [5.41, 5.74) is 2.17. The van der Waals surface area contributed by atoms with Gasteiger partial charge in [0.05, 0.1) is 17.6 Å². The number of benzene rings is 1. The van der Waals surface area contributed by atoms with E-state index in [-0.39, 0.29) is 22.5 Å². The zero-order chi connectivity index (χ0) is 24.4. The minimum absolute atomic E-state index is 0.138. The van der Waals surface area contributed by atoms with Gasteiger partial charge >= 0.3 is 0 Å². The molecule has 0 fully saturated rings. The highest BCUT2D eigenvalue weighted by Gasteiger charge is 2.17. The molecule has 1 aromatic carbocycles. The maximum atomic E-state index is 13.3. The SMILES string of the molecule is CCOc1ccc(C(=O)N=c2c(C#N)cc3c(=O)n4cccc(C)c4nc3n2CC(C)C)cc1.